The second-order valence-corrected chi connectivity index (χ2v) is 9.19. The molecule has 2 aromatic rings. The lowest BCUT2D eigenvalue weighted by atomic mass is 9.82. The summed E-state index contributed by atoms with van der Waals surface area (Å²) in [5.74, 6) is -3.64. The molecule has 0 aliphatic heterocycles. The number of H-pyrrole nitrogens is 1. The summed E-state index contributed by atoms with van der Waals surface area (Å²) in [5, 5.41) is 13.0. The molecule has 34 heavy (non-hydrogen) atoms. The van der Waals surface area contributed by atoms with Gasteiger partial charge in [0, 0.05) is 23.6 Å². The molecule has 9 heteroatoms. The topological polar surface area (TPSA) is 123 Å². The number of rotatable bonds is 11. The minimum Gasteiger partial charge on any atom is -0.480 e. The normalized spacial score (nSPS) is 15.3. The monoisotopic (exact) mass is 470 g/mol. The molecular weight excluding hydrogens is 436 g/mol. The van der Waals surface area contributed by atoms with Crippen molar-refractivity contribution in [2.45, 2.75) is 44.6 Å². The summed E-state index contributed by atoms with van der Waals surface area (Å²) in [6.45, 7) is 0.482. The summed E-state index contributed by atoms with van der Waals surface area (Å²) < 4.78 is 0. The lowest BCUT2D eigenvalue weighted by Gasteiger charge is -2.36. The van der Waals surface area contributed by atoms with Crippen LogP contribution in [0.15, 0.2) is 30.5 Å². The maximum atomic E-state index is 13.4. The van der Waals surface area contributed by atoms with Crippen molar-refractivity contribution in [2.24, 2.45) is 5.92 Å². The van der Waals surface area contributed by atoms with E-state index in [0.29, 0.717) is 30.3 Å². The van der Waals surface area contributed by atoms with Gasteiger partial charge in [-0.2, -0.15) is 0 Å². The fourth-order valence-electron chi connectivity index (χ4n) is 4.72. The maximum Gasteiger partial charge on any atom is 0.323 e. The molecule has 184 valence electrons. The Morgan fingerprint density at radius 2 is 1.82 bits per heavy atom. The molecule has 1 fully saturated rings. The Labute approximate surface area is 199 Å². The Kier molecular flexibility index (Phi) is 8.81. The van der Waals surface area contributed by atoms with E-state index < -0.39 is 36.2 Å². The number of para-hydroxylation sites is 1. The van der Waals surface area contributed by atoms with Crippen molar-refractivity contribution in [3.63, 3.8) is 0 Å². The zero-order chi connectivity index (χ0) is 24.7. The first-order chi connectivity index (χ1) is 16.3. The fourth-order valence-corrected chi connectivity index (χ4v) is 4.72. The Morgan fingerprint density at radius 1 is 1.12 bits per heavy atom. The van der Waals surface area contributed by atoms with Crippen molar-refractivity contribution in [3.8, 4) is 0 Å². The number of carboxylic acid groups (broad SMARTS) is 1. The van der Waals surface area contributed by atoms with Crippen LogP contribution in [0.25, 0.3) is 10.9 Å². The summed E-state index contributed by atoms with van der Waals surface area (Å²) in [6.07, 6.45) is 6.44. The summed E-state index contributed by atoms with van der Waals surface area (Å²) in [7, 11) is 3.88. The molecule has 1 aliphatic rings. The molecule has 3 N–H and O–H groups in total. The molecule has 1 atom stereocenters. The first-order valence-electron chi connectivity index (χ1n) is 11.8. The van der Waals surface area contributed by atoms with E-state index in [9.17, 15) is 24.3 Å². The number of carbonyl (C=O) groups excluding carboxylic acids is 3. The standard InChI is InChI=1S/C25H34N4O5/c1-28(2)14-8-13-26-24(33)22(17-9-4-3-5-10-17)29(16-21(30)31)25(34)23(32)19-15-27-20-12-7-6-11-18(19)20/h6-7,11-12,15,17,22,27H,3-5,8-10,13-14,16H2,1-2H3,(H,26,33)(H,30,31). The fraction of sp³-hybridized carbons (Fsp3) is 0.520. The number of benzene rings is 1. The van der Waals surface area contributed by atoms with Gasteiger partial charge in [0.15, 0.2) is 0 Å². The van der Waals surface area contributed by atoms with Gasteiger partial charge in [0.05, 0.1) is 5.56 Å². The molecule has 0 saturated heterocycles. The van der Waals surface area contributed by atoms with Crippen LogP contribution in [0.1, 0.15) is 48.9 Å². The van der Waals surface area contributed by atoms with Gasteiger partial charge in [0.2, 0.25) is 5.91 Å². The number of carboxylic acids is 1. The van der Waals surface area contributed by atoms with Gasteiger partial charge in [-0.05, 0) is 51.9 Å². The van der Waals surface area contributed by atoms with Gasteiger partial charge in [-0.15, -0.1) is 0 Å². The predicted molar refractivity (Wildman–Crippen MR) is 129 cm³/mol. The van der Waals surface area contributed by atoms with Gasteiger partial charge in [0.1, 0.15) is 12.6 Å². The molecule has 0 radical (unpaired) electrons. The van der Waals surface area contributed by atoms with E-state index in [-0.39, 0.29) is 11.5 Å². The molecule has 0 bridgehead atoms. The first-order valence-corrected chi connectivity index (χ1v) is 11.8. The molecule has 1 aromatic heterocycles. The molecule has 9 nitrogen and oxygen atoms in total. The number of nitrogens with one attached hydrogen (secondary N) is 2. The van der Waals surface area contributed by atoms with E-state index in [1.807, 2.05) is 25.1 Å². The van der Waals surface area contributed by atoms with Crippen LogP contribution in [-0.2, 0) is 14.4 Å². The van der Waals surface area contributed by atoms with E-state index in [0.717, 1.165) is 37.1 Å². The first kappa shape index (κ1) is 25.4. The second kappa shape index (κ2) is 11.8. The lowest BCUT2D eigenvalue weighted by Crippen LogP contribution is -2.56. The van der Waals surface area contributed by atoms with Gasteiger partial charge in [-0.25, -0.2) is 0 Å². The number of fused-ring (bicyclic) bond motifs is 1. The highest BCUT2D eigenvalue weighted by atomic mass is 16.4. The Bertz CT molecular complexity index is 1030. The average molecular weight is 471 g/mol. The van der Waals surface area contributed by atoms with Crippen LogP contribution in [-0.4, -0.2) is 83.2 Å². The molecule has 1 saturated carbocycles. The van der Waals surface area contributed by atoms with Crippen LogP contribution in [0.5, 0.6) is 0 Å². The zero-order valence-corrected chi connectivity index (χ0v) is 19.9. The van der Waals surface area contributed by atoms with E-state index >= 15 is 0 Å². The minimum absolute atomic E-state index is 0.171. The van der Waals surface area contributed by atoms with Gasteiger partial charge in [0.25, 0.3) is 11.7 Å². The number of ketones is 1. The smallest absolute Gasteiger partial charge is 0.323 e. The highest BCUT2D eigenvalue weighted by molar-refractivity contribution is 6.45. The van der Waals surface area contributed by atoms with Crippen LogP contribution < -0.4 is 5.32 Å². The van der Waals surface area contributed by atoms with Crippen molar-refractivity contribution in [2.75, 3.05) is 33.7 Å². The minimum atomic E-state index is -1.26. The van der Waals surface area contributed by atoms with E-state index in [1.165, 1.54) is 6.20 Å². The van der Waals surface area contributed by atoms with Crippen LogP contribution >= 0.6 is 0 Å². The highest BCUT2D eigenvalue weighted by Gasteiger charge is 2.40. The van der Waals surface area contributed by atoms with Gasteiger partial charge >= 0.3 is 5.97 Å². The molecule has 1 heterocycles. The van der Waals surface area contributed by atoms with E-state index in [2.05, 4.69) is 10.3 Å². The number of amides is 2. The summed E-state index contributed by atoms with van der Waals surface area (Å²) in [4.78, 5) is 57.7. The Balaban J connectivity index is 1.88. The van der Waals surface area contributed by atoms with Crippen molar-refractivity contribution in [1.82, 2.24) is 20.1 Å². The molecule has 1 aromatic carbocycles. The van der Waals surface area contributed by atoms with Gasteiger partial charge in [-0.3, -0.25) is 19.2 Å². The van der Waals surface area contributed by atoms with Crippen LogP contribution in [0.2, 0.25) is 0 Å². The largest absolute Gasteiger partial charge is 0.480 e. The predicted octanol–water partition coefficient (Wildman–Crippen LogP) is 2.28. The Hall–Kier alpha value is -3.20. The third-order valence-corrected chi connectivity index (χ3v) is 6.38. The SMILES string of the molecule is CN(C)CCCNC(=O)C(C1CCCCC1)N(CC(=O)O)C(=O)C(=O)c1c[nH]c2ccccc12. The third-order valence-electron chi connectivity index (χ3n) is 6.38. The molecule has 1 aliphatic carbocycles. The summed E-state index contributed by atoms with van der Waals surface area (Å²) >= 11 is 0. The number of aliphatic carboxylic acids is 1. The third kappa shape index (κ3) is 6.22. The molecule has 1 unspecified atom stereocenters. The highest BCUT2D eigenvalue weighted by Crippen LogP contribution is 2.30. The Morgan fingerprint density at radius 3 is 2.50 bits per heavy atom. The number of Topliss-reactive ketones (excluding diaryl/α,β-unsaturated/α-hetero) is 1. The van der Waals surface area contributed by atoms with Crippen LogP contribution in [0.3, 0.4) is 0 Å². The van der Waals surface area contributed by atoms with Gasteiger partial charge in [-0.1, -0.05) is 37.5 Å². The number of aromatic nitrogens is 1. The van der Waals surface area contributed by atoms with Crippen molar-refractivity contribution < 1.29 is 24.3 Å². The molecular formula is C25H34N4O5. The van der Waals surface area contributed by atoms with E-state index in [1.54, 1.807) is 18.2 Å². The van der Waals surface area contributed by atoms with Gasteiger partial charge < -0.3 is 25.2 Å². The zero-order valence-electron chi connectivity index (χ0n) is 19.9. The summed E-state index contributed by atoms with van der Waals surface area (Å²) in [5.41, 5.74) is 0.871. The van der Waals surface area contributed by atoms with Crippen molar-refractivity contribution >= 4 is 34.5 Å². The van der Waals surface area contributed by atoms with Crippen LogP contribution in [0.4, 0.5) is 0 Å². The summed E-state index contributed by atoms with van der Waals surface area (Å²) in [6, 6.07) is 6.09. The number of hydrogen-bond donors (Lipinski definition) is 3. The average Bonchev–Trinajstić information content (AvgIpc) is 3.25. The van der Waals surface area contributed by atoms with E-state index in [4.69, 9.17) is 0 Å². The number of carbonyl (C=O) groups is 4. The quantitative estimate of drug-likeness (QED) is 0.263. The van der Waals surface area contributed by atoms with Crippen molar-refractivity contribution in [1.29, 1.82) is 0 Å². The van der Waals surface area contributed by atoms with Crippen LogP contribution in [0, 0.1) is 5.92 Å². The number of nitrogens with zero attached hydrogens (tertiary/aromatic N) is 2. The second-order valence-electron chi connectivity index (χ2n) is 9.19. The lowest BCUT2D eigenvalue weighted by molar-refractivity contribution is -0.148. The molecule has 0 spiro atoms. The number of aromatic amines is 1. The maximum absolute atomic E-state index is 13.4. The molecule has 3 rings (SSSR count). The molecule has 2 amide bonds. The number of hydrogen-bond acceptors (Lipinski definition) is 5. The van der Waals surface area contributed by atoms with Crippen molar-refractivity contribution in [3.05, 3.63) is 36.0 Å².